The number of aryl methyl sites for hydroxylation is 3. The number of benzene rings is 3. The lowest BCUT2D eigenvalue weighted by Crippen LogP contribution is -2.35. The van der Waals surface area contributed by atoms with Crippen molar-refractivity contribution in [3.8, 4) is 39.8 Å². The van der Waals surface area contributed by atoms with E-state index in [4.69, 9.17) is 37.9 Å². The van der Waals surface area contributed by atoms with Crippen molar-refractivity contribution in [1.82, 2.24) is 25.0 Å². The number of aromatic nitrogens is 7. The van der Waals surface area contributed by atoms with E-state index in [1.54, 1.807) is 12.4 Å². The molecule has 0 unspecified atom stereocenters. The van der Waals surface area contributed by atoms with E-state index in [9.17, 15) is 0 Å². The molecule has 3 aromatic carbocycles. The average Bonchev–Trinajstić information content (AvgIpc) is 3.96. The second-order valence-corrected chi connectivity index (χ2v) is 20.5. The Labute approximate surface area is 472 Å². The number of nitrogens with zero attached hydrogens (tertiary/aromatic N) is 7. The van der Waals surface area contributed by atoms with Crippen molar-refractivity contribution >= 4 is 10.8 Å². The van der Waals surface area contributed by atoms with Crippen molar-refractivity contribution in [2.75, 3.05) is 72.7 Å². The van der Waals surface area contributed by atoms with E-state index in [0.29, 0.717) is 97.7 Å². The molecule has 0 saturated heterocycles. The minimum absolute atomic E-state index is 0.393. The minimum Gasteiger partial charge on any atom is -0.491 e. The van der Waals surface area contributed by atoms with E-state index < -0.39 is 0 Å². The van der Waals surface area contributed by atoms with Crippen LogP contribution < -0.4 is 23.3 Å². The SMILES string of the molecule is Cc1ccnc(-c2cc(COCCOCCOc3cccc4c(OCCOCCOCc5cn(CCCCCC[n+]6ccc(-c7cc[n+](CCOCCOc8c(C(C)C)cccc8C(C)C)cc7)cc6)nn5)cccc34)ccn2)c1. The zero-order valence-electron chi connectivity index (χ0n) is 47.5. The summed E-state index contributed by atoms with van der Waals surface area (Å²) < 4.78 is 54.1. The molecule has 5 aromatic heterocycles. The third-order valence-electron chi connectivity index (χ3n) is 13.6. The fraction of sp³-hybridized carbons (Fsp3) is 0.415. The van der Waals surface area contributed by atoms with Crippen molar-refractivity contribution in [3.05, 3.63) is 174 Å². The number of ether oxygens (including phenoxy) is 8. The van der Waals surface area contributed by atoms with Crippen LogP contribution in [-0.2, 0) is 56.5 Å². The Morgan fingerprint density at radius 1 is 0.487 bits per heavy atom. The molecule has 8 aromatic rings. The van der Waals surface area contributed by atoms with Gasteiger partial charge in [-0.3, -0.25) is 14.6 Å². The highest BCUT2D eigenvalue weighted by atomic mass is 16.6. The number of hydrogen-bond acceptors (Lipinski definition) is 12. The molecule has 0 atom stereocenters. The maximum atomic E-state index is 6.27. The van der Waals surface area contributed by atoms with Gasteiger partial charge in [-0.2, -0.15) is 0 Å². The third kappa shape index (κ3) is 18.7. The van der Waals surface area contributed by atoms with Crippen LogP contribution in [0.15, 0.2) is 147 Å². The van der Waals surface area contributed by atoms with Gasteiger partial charge in [0, 0.05) is 60.4 Å². The molecule has 80 heavy (non-hydrogen) atoms. The fourth-order valence-electron chi connectivity index (χ4n) is 9.27. The maximum absolute atomic E-state index is 6.27. The van der Waals surface area contributed by atoms with Gasteiger partial charge in [0.1, 0.15) is 55.9 Å². The van der Waals surface area contributed by atoms with E-state index in [1.165, 1.54) is 22.3 Å². The highest BCUT2D eigenvalue weighted by Crippen LogP contribution is 2.35. The summed E-state index contributed by atoms with van der Waals surface area (Å²) in [4.78, 5) is 8.90. The van der Waals surface area contributed by atoms with Gasteiger partial charge in [0.05, 0.1) is 77.0 Å². The first kappa shape index (κ1) is 59.0. The maximum Gasteiger partial charge on any atom is 0.171 e. The first-order valence-corrected chi connectivity index (χ1v) is 28.4. The van der Waals surface area contributed by atoms with Gasteiger partial charge < -0.3 is 37.9 Å². The average molecular weight is 1090 g/mol. The molecule has 0 amide bonds. The normalized spacial score (nSPS) is 11.5. The summed E-state index contributed by atoms with van der Waals surface area (Å²) in [6, 6.07) is 35.1. The van der Waals surface area contributed by atoms with Crippen LogP contribution in [0.4, 0.5) is 0 Å². The molecule has 0 N–H and O–H groups in total. The molecule has 0 aliphatic rings. The van der Waals surface area contributed by atoms with Crippen molar-refractivity contribution in [2.45, 2.75) is 105 Å². The van der Waals surface area contributed by atoms with Crippen LogP contribution in [0.3, 0.4) is 0 Å². The molecule has 0 fully saturated rings. The molecule has 0 radical (unpaired) electrons. The molecular formula is C65H81N7O8+2. The van der Waals surface area contributed by atoms with Crippen LogP contribution in [0, 0.1) is 6.92 Å². The number of hydrogen-bond donors (Lipinski definition) is 0. The predicted octanol–water partition coefficient (Wildman–Crippen LogP) is 11.3. The van der Waals surface area contributed by atoms with Crippen LogP contribution in [0.25, 0.3) is 33.3 Å². The number of para-hydroxylation sites is 1. The van der Waals surface area contributed by atoms with Crippen LogP contribution in [-0.4, -0.2) is 97.6 Å². The Balaban J connectivity index is 0.616. The molecular weight excluding hydrogens is 1010 g/mol. The highest BCUT2D eigenvalue weighted by Gasteiger charge is 2.16. The van der Waals surface area contributed by atoms with Gasteiger partial charge in [0.2, 0.25) is 0 Å². The van der Waals surface area contributed by atoms with Crippen molar-refractivity contribution < 1.29 is 47.0 Å². The van der Waals surface area contributed by atoms with Crippen molar-refractivity contribution in [2.24, 2.45) is 0 Å². The van der Waals surface area contributed by atoms with Gasteiger partial charge in [0.25, 0.3) is 0 Å². The molecule has 422 valence electrons. The fourth-order valence-corrected chi connectivity index (χ4v) is 9.27. The molecule has 0 bridgehead atoms. The van der Waals surface area contributed by atoms with Crippen molar-refractivity contribution in [3.63, 3.8) is 0 Å². The molecule has 0 aliphatic heterocycles. The number of unbranched alkanes of at least 4 members (excludes halogenated alkanes) is 3. The molecule has 0 aliphatic carbocycles. The van der Waals surface area contributed by atoms with E-state index >= 15 is 0 Å². The Bertz CT molecular complexity index is 3050. The standard InChI is InChI=1S/C65H81N7O8/c1-50(2)57-13-10-14-58(51(3)4)65(57)80-44-41-73-34-33-71-31-23-55(24-32-71)54-21-29-70(30-22-54)27-8-6-7-9-28-72-47-56(68-69-72)49-77-38-36-75-40-43-79-64-18-12-15-59-60(64)16-11-17-63(59)78-42-39-74-35-37-76-48-53-20-26-67-62(46-53)61-45-52(5)19-25-66-61/h10-26,29-32,45-47,50-51H,6-9,27-28,33-44,48-49H2,1-5H3/q+2. The van der Waals surface area contributed by atoms with Gasteiger partial charge >= 0.3 is 0 Å². The van der Waals surface area contributed by atoms with Gasteiger partial charge in [-0.1, -0.05) is 81.8 Å². The quantitative estimate of drug-likeness (QED) is 0.0273. The zero-order chi connectivity index (χ0) is 55.6. The van der Waals surface area contributed by atoms with E-state index in [1.807, 2.05) is 78.5 Å². The third-order valence-corrected chi connectivity index (χ3v) is 13.6. The van der Waals surface area contributed by atoms with Gasteiger partial charge in [-0.25, -0.2) is 9.13 Å². The summed E-state index contributed by atoms with van der Waals surface area (Å²) in [5.41, 5.74) is 9.61. The largest absolute Gasteiger partial charge is 0.491 e. The van der Waals surface area contributed by atoms with Gasteiger partial charge in [-0.15, -0.1) is 5.10 Å². The summed E-state index contributed by atoms with van der Waals surface area (Å²) in [5.74, 6) is 3.40. The molecule has 8 rings (SSSR count). The number of fused-ring (bicyclic) bond motifs is 1. The smallest absolute Gasteiger partial charge is 0.171 e. The predicted molar refractivity (Wildman–Crippen MR) is 310 cm³/mol. The summed E-state index contributed by atoms with van der Waals surface area (Å²) >= 11 is 0. The van der Waals surface area contributed by atoms with E-state index in [2.05, 4.69) is 124 Å². The summed E-state index contributed by atoms with van der Waals surface area (Å²) in [7, 11) is 0. The van der Waals surface area contributed by atoms with Crippen LogP contribution >= 0.6 is 0 Å². The number of pyridine rings is 4. The van der Waals surface area contributed by atoms with Gasteiger partial charge in [0.15, 0.2) is 31.3 Å². The van der Waals surface area contributed by atoms with Crippen molar-refractivity contribution in [1.29, 1.82) is 0 Å². The van der Waals surface area contributed by atoms with E-state index in [-0.39, 0.29) is 0 Å². The second-order valence-electron chi connectivity index (χ2n) is 20.5. The summed E-state index contributed by atoms with van der Waals surface area (Å²) in [6.45, 7) is 19.7. The molecule has 0 saturated carbocycles. The van der Waals surface area contributed by atoms with E-state index in [0.717, 1.165) is 102 Å². The van der Waals surface area contributed by atoms with Crippen LogP contribution in [0.5, 0.6) is 17.2 Å². The minimum atomic E-state index is 0.393. The zero-order valence-corrected chi connectivity index (χ0v) is 47.5. The Kier molecular flexibility index (Phi) is 23.7. The Morgan fingerprint density at radius 3 is 1.64 bits per heavy atom. The summed E-state index contributed by atoms with van der Waals surface area (Å²) in [6.07, 6.45) is 18.6. The molecule has 0 spiro atoms. The lowest BCUT2D eigenvalue weighted by Gasteiger charge is -2.20. The lowest BCUT2D eigenvalue weighted by molar-refractivity contribution is -0.698. The van der Waals surface area contributed by atoms with Crippen LogP contribution in [0.1, 0.15) is 93.2 Å². The molecule has 15 heteroatoms. The van der Waals surface area contributed by atoms with Gasteiger partial charge in [-0.05, 0) is 101 Å². The molecule has 15 nitrogen and oxygen atoms in total. The Hall–Kier alpha value is -7.14. The topological polar surface area (TPSA) is 138 Å². The Morgan fingerprint density at radius 2 is 1.01 bits per heavy atom. The lowest BCUT2D eigenvalue weighted by atomic mass is 9.94. The summed E-state index contributed by atoms with van der Waals surface area (Å²) in [5, 5.41) is 10.6. The monoisotopic (exact) mass is 1090 g/mol. The highest BCUT2D eigenvalue weighted by molar-refractivity contribution is 5.93. The van der Waals surface area contributed by atoms with Crippen LogP contribution in [0.2, 0.25) is 0 Å². The number of rotatable bonds is 36. The first-order valence-electron chi connectivity index (χ1n) is 28.4. The second kappa shape index (κ2) is 32.2. The first-order chi connectivity index (χ1) is 39.3. The molecule has 5 heterocycles.